The number of likely N-dealkylation sites (N-methyl/N-ethyl adjacent to an activating group) is 1. The second-order valence-corrected chi connectivity index (χ2v) is 10.0. The van der Waals surface area contributed by atoms with Gasteiger partial charge in [0.05, 0.1) is 29.6 Å². The van der Waals surface area contributed by atoms with Gasteiger partial charge in [0.1, 0.15) is 4.21 Å². The summed E-state index contributed by atoms with van der Waals surface area (Å²) in [6, 6.07) is 6.26. The summed E-state index contributed by atoms with van der Waals surface area (Å²) >= 11 is 12.9. The molecule has 0 unspecified atom stereocenters. The highest BCUT2D eigenvalue weighted by Gasteiger charge is 2.24. The van der Waals surface area contributed by atoms with Crippen molar-refractivity contribution in [3.63, 3.8) is 0 Å². The van der Waals surface area contributed by atoms with Crippen LogP contribution in [-0.2, 0) is 21.4 Å². The molecule has 0 radical (unpaired) electrons. The molecule has 0 fully saturated rings. The molecule has 0 saturated carbocycles. The molecule has 1 heterocycles. The molecule has 0 aliphatic rings. The minimum Gasteiger partial charge on any atom is -0.493 e. The summed E-state index contributed by atoms with van der Waals surface area (Å²) in [5.74, 6) is 0.424. The average molecular weight is 467 g/mol. The van der Waals surface area contributed by atoms with E-state index in [0.717, 1.165) is 15.6 Å². The van der Waals surface area contributed by atoms with E-state index in [1.807, 2.05) is 6.92 Å². The molecule has 2 aromatic rings. The minimum absolute atomic E-state index is 0.0795. The molecule has 0 bridgehead atoms. The van der Waals surface area contributed by atoms with Crippen LogP contribution in [0.5, 0.6) is 11.5 Å². The zero-order valence-electron chi connectivity index (χ0n) is 15.5. The van der Waals surface area contributed by atoms with Crippen molar-refractivity contribution in [2.45, 2.75) is 17.7 Å². The van der Waals surface area contributed by atoms with Gasteiger partial charge in [0.25, 0.3) is 10.0 Å². The number of hydrogen-bond donors (Lipinski definition) is 1. The highest BCUT2D eigenvalue weighted by atomic mass is 35.5. The van der Waals surface area contributed by atoms with Crippen molar-refractivity contribution in [2.75, 3.05) is 27.3 Å². The number of hydrogen-bond acceptors (Lipinski definition) is 6. The largest absolute Gasteiger partial charge is 0.493 e. The summed E-state index contributed by atoms with van der Waals surface area (Å²) in [7, 11) is -0.951. The van der Waals surface area contributed by atoms with Gasteiger partial charge < -0.3 is 14.8 Å². The Bertz CT molecular complexity index is 947. The lowest BCUT2D eigenvalue weighted by Crippen LogP contribution is -2.37. The van der Waals surface area contributed by atoms with Gasteiger partial charge in [-0.2, -0.15) is 4.31 Å². The van der Waals surface area contributed by atoms with E-state index in [1.165, 1.54) is 26.3 Å². The van der Waals surface area contributed by atoms with Gasteiger partial charge in [0.2, 0.25) is 5.91 Å². The first kappa shape index (κ1) is 22.8. The topological polar surface area (TPSA) is 84.9 Å². The number of nitrogens with one attached hydrogen (secondary N) is 1. The van der Waals surface area contributed by atoms with Crippen molar-refractivity contribution >= 4 is 50.5 Å². The zero-order valence-corrected chi connectivity index (χ0v) is 18.6. The lowest BCUT2D eigenvalue weighted by Gasteiger charge is -2.16. The Hall–Kier alpha value is -1.52. The third-order valence-corrected chi connectivity index (χ3v) is 7.43. The highest BCUT2D eigenvalue weighted by Crippen LogP contribution is 2.36. The molecule has 0 aliphatic carbocycles. The van der Waals surface area contributed by atoms with E-state index >= 15 is 0 Å². The van der Waals surface area contributed by atoms with Crippen molar-refractivity contribution in [2.24, 2.45) is 0 Å². The molecule has 1 N–H and O–H groups in total. The number of carbonyl (C=O) groups excluding carboxylic acids is 1. The molecule has 0 spiro atoms. The van der Waals surface area contributed by atoms with E-state index in [0.29, 0.717) is 33.0 Å². The van der Waals surface area contributed by atoms with Gasteiger partial charge in [-0.15, -0.1) is 11.3 Å². The number of nitrogens with zero attached hydrogens (tertiary/aromatic N) is 1. The standard InChI is InChI=1S/C17H20Cl2N2O5S2/c1-4-26-17-12(18)7-11(8-13(17)25-3)9-20-15(22)10-21(2)28(23,24)16-6-5-14(19)27-16/h5-8H,4,9-10H2,1-3H3,(H,20,22). The Morgan fingerprint density at radius 3 is 2.57 bits per heavy atom. The van der Waals surface area contributed by atoms with E-state index in [1.54, 1.807) is 12.1 Å². The number of benzene rings is 1. The smallest absolute Gasteiger partial charge is 0.252 e. The number of thiophene rings is 1. The number of carbonyl (C=O) groups is 1. The Balaban J connectivity index is 2.01. The molecule has 28 heavy (non-hydrogen) atoms. The van der Waals surface area contributed by atoms with Crippen LogP contribution in [0.4, 0.5) is 0 Å². The normalized spacial score (nSPS) is 11.5. The van der Waals surface area contributed by atoms with Crippen molar-refractivity contribution < 1.29 is 22.7 Å². The molecule has 11 heteroatoms. The molecule has 0 aliphatic heterocycles. The van der Waals surface area contributed by atoms with E-state index < -0.39 is 15.9 Å². The molecule has 1 aromatic carbocycles. The Morgan fingerprint density at radius 1 is 1.29 bits per heavy atom. The molecular formula is C17H20Cl2N2O5S2. The van der Waals surface area contributed by atoms with Gasteiger partial charge in [-0.1, -0.05) is 23.2 Å². The van der Waals surface area contributed by atoms with Gasteiger partial charge >= 0.3 is 0 Å². The van der Waals surface area contributed by atoms with Gasteiger partial charge in [0, 0.05) is 13.6 Å². The quantitative estimate of drug-likeness (QED) is 0.611. The Labute approximate surface area is 178 Å². The predicted molar refractivity (Wildman–Crippen MR) is 110 cm³/mol. The first-order valence-corrected chi connectivity index (χ1v) is 11.2. The zero-order chi connectivity index (χ0) is 20.9. The first-order chi connectivity index (χ1) is 13.2. The number of rotatable bonds is 9. The molecule has 1 amide bonds. The van der Waals surface area contributed by atoms with Crippen LogP contribution < -0.4 is 14.8 Å². The van der Waals surface area contributed by atoms with E-state index in [-0.39, 0.29) is 17.3 Å². The first-order valence-electron chi connectivity index (χ1n) is 8.16. The summed E-state index contributed by atoms with van der Waals surface area (Å²) in [5.41, 5.74) is 0.689. The summed E-state index contributed by atoms with van der Waals surface area (Å²) in [4.78, 5) is 12.2. The number of sulfonamides is 1. The van der Waals surface area contributed by atoms with E-state index in [9.17, 15) is 13.2 Å². The van der Waals surface area contributed by atoms with Gasteiger partial charge in [0.15, 0.2) is 11.5 Å². The second kappa shape index (κ2) is 9.80. The molecule has 0 atom stereocenters. The van der Waals surface area contributed by atoms with Crippen LogP contribution in [0.2, 0.25) is 9.36 Å². The number of amides is 1. The number of ether oxygens (including phenoxy) is 2. The fourth-order valence-electron chi connectivity index (χ4n) is 2.29. The van der Waals surface area contributed by atoms with Crippen LogP contribution in [0.15, 0.2) is 28.5 Å². The van der Waals surface area contributed by atoms with Crippen molar-refractivity contribution in [3.05, 3.63) is 39.2 Å². The number of methoxy groups -OCH3 is 1. The molecule has 2 rings (SSSR count). The molecular weight excluding hydrogens is 447 g/mol. The molecule has 154 valence electrons. The number of halogens is 2. The molecule has 7 nitrogen and oxygen atoms in total. The maximum atomic E-state index is 12.4. The minimum atomic E-state index is -3.78. The van der Waals surface area contributed by atoms with Gasteiger partial charge in [-0.25, -0.2) is 8.42 Å². The van der Waals surface area contributed by atoms with Crippen LogP contribution in [0.1, 0.15) is 12.5 Å². The van der Waals surface area contributed by atoms with Crippen LogP contribution in [-0.4, -0.2) is 45.9 Å². The van der Waals surface area contributed by atoms with Crippen LogP contribution in [0.3, 0.4) is 0 Å². The maximum Gasteiger partial charge on any atom is 0.252 e. The monoisotopic (exact) mass is 466 g/mol. The summed E-state index contributed by atoms with van der Waals surface area (Å²) < 4.78 is 37.0. The fourth-order valence-corrected chi connectivity index (χ4v) is 5.40. The SMILES string of the molecule is CCOc1c(Cl)cc(CNC(=O)CN(C)S(=O)(=O)c2ccc(Cl)s2)cc1OC. The highest BCUT2D eigenvalue weighted by molar-refractivity contribution is 7.91. The van der Waals surface area contributed by atoms with Crippen molar-refractivity contribution in [1.29, 1.82) is 0 Å². The predicted octanol–water partition coefficient (Wildman–Crippen LogP) is 3.40. The third-order valence-electron chi connectivity index (χ3n) is 3.65. The third kappa shape index (κ3) is 5.51. The van der Waals surface area contributed by atoms with Gasteiger partial charge in [-0.3, -0.25) is 4.79 Å². The molecule has 0 saturated heterocycles. The second-order valence-electron chi connectivity index (χ2n) is 5.64. The summed E-state index contributed by atoms with van der Waals surface area (Å²) in [6.07, 6.45) is 0. The maximum absolute atomic E-state index is 12.4. The van der Waals surface area contributed by atoms with Crippen molar-refractivity contribution in [1.82, 2.24) is 9.62 Å². The Kier molecular flexibility index (Phi) is 7.97. The van der Waals surface area contributed by atoms with Crippen molar-refractivity contribution in [3.8, 4) is 11.5 Å². The lowest BCUT2D eigenvalue weighted by atomic mass is 10.2. The summed E-state index contributed by atoms with van der Waals surface area (Å²) in [5, 5.41) is 3.03. The van der Waals surface area contributed by atoms with Crippen LogP contribution in [0.25, 0.3) is 0 Å². The average Bonchev–Trinajstić information content (AvgIpc) is 3.09. The van der Waals surface area contributed by atoms with E-state index in [4.69, 9.17) is 32.7 Å². The van der Waals surface area contributed by atoms with Crippen LogP contribution in [0, 0.1) is 0 Å². The lowest BCUT2D eigenvalue weighted by molar-refractivity contribution is -0.121. The van der Waals surface area contributed by atoms with Gasteiger partial charge in [-0.05, 0) is 36.8 Å². The molecule has 1 aromatic heterocycles. The van der Waals surface area contributed by atoms with Crippen LogP contribution >= 0.6 is 34.5 Å². The van der Waals surface area contributed by atoms with E-state index in [2.05, 4.69) is 5.32 Å². The summed E-state index contributed by atoms with van der Waals surface area (Å²) in [6.45, 7) is 2.08. The fraction of sp³-hybridized carbons (Fsp3) is 0.353. The Morgan fingerprint density at radius 2 is 2.00 bits per heavy atom.